The first-order valence-corrected chi connectivity index (χ1v) is 10.2. The number of aromatic nitrogens is 1. The van der Waals surface area contributed by atoms with Crippen LogP contribution >= 0.6 is 0 Å². The maximum absolute atomic E-state index is 13.0. The number of hydrogen-bond donors (Lipinski definition) is 1. The molecule has 156 valence electrons. The van der Waals surface area contributed by atoms with Gasteiger partial charge in [0, 0.05) is 18.8 Å². The van der Waals surface area contributed by atoms with Gasteiger partial charge in [0.05, 0.1) is 12.2 Å². The van der Waals surface area contributed by atoms with Crippen molar-refractivity contribution in [2.75, 3.05) is 6.61 Å². The van der Waals surface area contributed by atoms with Gasteiger partial charge >= 0.3 is 5.97 Å². The Bertz CT molecular complexity index is 1030. The molecule has 5 nitrogen and oxygen atoms in total. The van der Waals surface area contributed by atoms with Gasteiger partial charge in [-0.2, -0.15) is 0 Å². The Morgan fingerprint density at radius 3 is 2.23 bits per heavy atom. The predicted molar refractivity (Wildman–Crippen MR) is 118 cm³/mol. The first-order chi connectivity index (χ1) is 14.4. The summed E-state index contributed by atoms with van der Waals surface area (Å²) in [5.41, 5.74) is 5.60. The Morgan fingerprint density at radius 1 is 0.933 bits per heavy atom. The monoisotopic (exact) mass is 404 g/mol. The van der Waals surface area contributed by atoms with E-state index in [-0.39, 0.29) is 12.5 Å². The van der Waals surface area contributed by atoms with Crippen molar-refractivity contribution in [2.24, 2.45) is 0 Å². The lowest BCUT2D eigenvalue weighted by atomic mass is 10.1. The Labute approximate surface area is 177 Å². The zero-order chi connectivity index (χ0) is 21.7. The summed E-state index contributed by atoms with van der Waals surface area (Å²) in [5.74, 6) is -0.602. The molecule has 0 unspecified atom stereocenters. The van der Waals surface area contributed by atoms with E-state index in [1.807, 2.05) is 79.9 Å². The number of rotatable bonds is 7. The lowest BCUT2D eigenvalue weighted by Gasteiger charge is -2.12. The molecule has 0 aliphatic rings. The Kier molecular flexibility index (Phi) is 6.72. The minimum atomic E-state index is -0.411. The Balaban J connectivity index is 1.93. The Hall–Kier alpha value is -3.34. The van der Waals surface area contributed by atoms with E-state index in [0.717, 1.165) is 16.8 Å². The second-order valence-electron chi connectivity index (χ2n) is 7.39. The lowest BCUT2D eigenvalue weighted by molar-refractivity contribution is 0.0513. The first kappa shape index (κ1) is 21.4. The molecule has 0 atom stereocenters. The van der Waals surface area contributed by atoms with Gasteiger partial charge in [0.1, 0.15) is 5.69 Å². The molecular formula is C25H28N2O3. The highest BCUT2D eigenvalue weighted by Gasteiger charge is 2.27. The number of ether oxygens (including phenoxy) is 1. The van der Waals surface area contributed by atoms with Crippen molar-refractivity contribution in [1.82, 2.24) is 9.88 Å². The molecule has 0 saturated carbocycles. The fourth-order valence-electron chi connectivity index (χ4n) is 3.63. The number of nitrogens with one attached hydrogen (secondary N) is 1. The van der Waals surface area contributed by atoms with Crippen LogP contribution in [-0.4, -0.2) is 23.1 Å². The second kappa shape index (κ2) is 9.44. The minimum Gasteiger partial charge on any atom is -0.461 e. The third kappa shape index (κ3) is 4.62. The topological polar surface area (TPSA) is 60.3 Å². The van der Waals surface area contributed by atoms with Crippen molar-refractivity contribution < 1.29 is 14.3 Å². The lowest BCUT2D eigenvalue weighted by Crippen LogP contribution is -2.24. The van der Waals surface area contributed by atoms with Crippen LogP contribution in [0.5, 0.6) is 0 Å². The molecule has 1 N–H and O–H groups in total. The van der Waals surface area contributed by atoms with Crippen molar-refractivity contribution in [3.8, 4) is 0 Å². The molecular weight excluding hydrogens is 376 g/mol. The molecule has 0 bridgehead atoms. The highest BCUT2D eigenvalue weighted by molar-refractivity contribution is 6.01. The highest BCUT2D eigenvalue weighted by Crippen LogP contribution is 2.25. The number of benzene rings is 2. The van der Waals surface area contributed by atoms with Crippen molar-refractivity contribution in [2.45, 2.75) is 40.8 Å². The number of nitrogens with zero attached hydrogens (tertiary/aromatic N) is 1. The highest BCUT2D eigenvalue weighted by atomic mass is 16.5. The largest absolute Gasteiger partial charge is 0.461 e. The molecule has 2 aromatic carbocycles. The predicted octanol–water partition coefficient (Wildman–Crippen LogP) is 4.57. The third-order valence-corrected chi connectivity index (χ3v) is 5.22. The van der Waals surface area contributed by atoms with E-state index in [2.05, 4.69) is 5.32 Å². The van der Waals surface area contributed by atoms with Crippen molar-refractivity contribution in [3.63, 3.8) is 0 Å². The molecule has 3 rings (SSSR count). The van der Waals surface area contributed by atoms with Crippen LogP contribution in [0, 0.1) is 20.8 Å². The summed E-state index contributed by atoms with van der Waals surface area (Å²) in [6.07, 6.45) is 0. The van der Waals surface area contributed by atoms with E-state index in [0.29, 0.717) is 29.9 Å². The smallest absolute Gasteiger partial charge is 0.355 e. The molecule has 0 aliphatic heterocycles. The fourth-order valence-corrected chi connectivity index (χ4v) is 3.63. The van der Waals surface area contributed by atoms with E-state index in [9.17, 15) is 9.59 Å². The molecule has 0 radical (unpaired) electrons. The summed E-state index contributed by atoms with van der Waals surface area (Å²) in [4.78, 5) is 25.7. The number of carbonyl (C=O) groups is 2. The molecule has 0 fully saturated rings. The summed E-state index contributed by atoms with van der Waals surface area (Å²) in [6, 6.07) is 17.9. The molecule has 1 amide bonds. The number of aryl methyl sites for hydroxylation is 1. The fraction of sp³-hybridized carbons (Fsp3) is 0.280. The molecule has 0 spiro atoms. The van der Waals surface area contributed by atoms with E-state index in [1.54, 1.807) is 6.92 Å². The maximum Gasteiger partial charge on any atom is 0.355 e. The first-order valence-electron chi connectivity index (χ1n) is 10.2. The average molecular weight is 405 g/mol. The molecule has 1 heterocycles. The van der Waals surface area contributed by atoms with Crippen LogP contribution in [0.15, 0.2) is 54.6 Å². The van der Waals surface area contributed by atoms with E-state index >= 15 is 0 Å². The molecule has 30 heavy (non-hydrogen) atoms. The van der Waals surface area contributed by atoms with Crippen LogP contribution in [-0.2, 0) is 17.8 Å². The van der Waals surface area contributed by atoms with Crippen LogP contribution in [0.4, 0.5) is 0 Å². The summed E-state index contributed by atoms with van der Waals surface area (Å²) >= 11 is 0. The maximum atomic E-state index is 13.0. The summed E-state index contributed by atoms with van der Waals surface area (Å²) < 4.78 is 7.16. The quantitative estimate of drug-likeness (QED) is 0.587. The van der Waals surface area contributed by atoms with Crippen molar-refractivity contribution in [1.29, 1.82) is 0 Å². The van der Waals surface area contributed by atoms with Crippen molar-refractivity contribution in [3.05, 3.63) is 93.8 Å². The third-order valence-electron chi connectivity index (χ3n) is 5.22. The van der Waals surface area contributed by atoms with Crippen molar-refractivity contribution >= 4 is 11.9 Å². The van der Waals surface area contributed by atoms with Gasteiger partial charge in [-0.1, -0.05) is 60.2 Å². The molecule has 0 aliphatic carbocycles. The zero-order valence-electron chi connectivity index (χ0n) is 18.0. The van der Waals surface area contributed by atoms with Gasteiger partial charge in [0.25, 0.3) is 5.91 Å². The van der Waals surface area contributed by atoms with Gasteiger partial charge in [0.15, 0.2) is 0 Å². The number of esters is 1. The van der Waals surface area contributed by atoms with Crippen LogP contribution in [0.1, 0.15) is 55.7 Å². The number of hydrogen-bond acceptors (Lipinski definition) is 3. The molecule has 5 heteroatoms. The van der Waals surface area contributed by atoms with E-state index < -0.39 is 5.97 Å². The number of carbonyl (C=O) groups excluding carboxylic acids is 2. The molecule has 0 saturated heterocycles. The standard InChI is InChI=1S/C25H28N2O3/c1-5-30-25(29)23-18(3)22(19(4)27(23)16-21-9-7-6-8-10-21)24(28)26-15-20-13-11-17(2)12-14-20/h6-14H,5,15-16H2,1-4H3,(H,26,28). The van der Waals surface area contributed by atoms with E-state index in [4.69, 9.17) is 4.74 Å². The summed E-state index contributed by atoms with van der Waals surface area (Å²) in [5, 5.41) is 2.99. The van der Waals surface area contributed by atoms with Gasteiger partial charge in [-0.05, 0) is 44.4 Å². The van der Waals surface area contributed by atoms with Crippen LogP contribution in [0.2, 0.25) is 0 Å². The van der Waals surface area contributed by atoms with Crippen LogP contribution in [0.25, 0.3) is 0 Å². The molecule has 3 aromatic rings. The van der Waals surface area contributed by atoms with Gasteiger partial charge in [-0.15, -0.1) is 0 Å². The molecule has 1 aromatic heterocycles. The average Bonchev–Trinajstić information content (AvgIpc) is 2.98. The SMILES string of the molecule is CCOC(=O)c1c(C)c(C(=O)NCc2ccc(C)cc2)c(C)n1Cc1ccccc1. The minimum absolute atomic E-state index is 0.192. The Morgan fingerprint density at radius 2 is 1.60 bits per heavy atom. The van der Waals surface area contributed by atoms with Gasteiger partial charge in [-0.3, -0.25) is 4.79 Å². The van der Waals surface area contributed by atoms with Gasteiger partial charge in [0.2, 0.25) is 0 Å². The van der Waals surface area contributed by atoms with Crippen LogP contribution in [0.3, 0.4) is 0 Å². The van der Waals surface area contributed by atoms with Crippen LogP contribution < -0.4 is 5.32 Å². The zero-order valence-corrected chi connectivity index (χ0v) is 18.0. The summed E-state index contributed by atoms with van der Waals surface area (Å²) in [7, 11) is 0. The van der Waals surface area contributed by atoms with E-state index in [1.165, 1.54) is 5.56 Å². The second-order valence-corrected chi connectivity index (χ2v) is 7.39. The normalized spacial score (nSPS) is 10.7. The van der Waals surface area contributed by atoms with Gasteiger partial charge < -0.3 is 14.6 Å². The number of amides is 1. The van der Waals surface area contributed by atoms with Gasteiger partial charge in [-0.25, -0.2) is 4.79 Å². The summed E-state index contributed by atoms with van der Waals surface area (Å²) in [6.45, 7) is 8.69.